The standard InChI is InChI=1S/C24H29N5O2/c1-18(24(31)26-20-8-9-20)27-13-15-28(16-14-27)23(30)10-7-19-17-29(12-4-11-25)22-6-3-2-5-21(19)22/h2-3,5-7,10,17-18,20H,4,8-9,12-16H2,1H3,(H,26,31)/b10-7+. The van der Waals surface area contributed by atoms with Gasteiger partial charge in [-0.3, -0.25) is 14.5 Å². The van der Waals surface area contributed by atoms with E-state index < -0.39 is 0 Å². The predicted octanol–water partition coefficient (Wildman–Crippen LogP) is 2.38. The molecule has 0 bridgehead atoms. The van der Waals surface area contributed by atoms with Crippen molar-refractivity contribution in [1.82, 2.24) is 19.7 Å². The molecule has 4 rings (SSSR count). The lowest BCUT2D eigenvalue weighted by molar-refractivity contribution is -0.130. The van der Waals surface area contributed by atoms with Crippen LogP contribution in [-0.4, -0.2) is 64.4 Å². The molecular formula is C24H29N5O2. The van der Waals surface area contributed by atoms with Gasteiger partial charge < -0.3 is 14.8 Å². The van der Waals surface area contributed by atoms with Gasteiger partial charge in [0.1, 0.15) is 0 Å². The second-order valence-electron chi connectivity index (χ2n) is 8.36. The highest BCUT2D eigenvalue weighted by Gasteiger charge is 2.30. The molecule has 1 N–H and O–H groups in total. The molecule has 2 fully saturated rings. The number of aromatic nitrogens is 1. The zero-order valence-corrected chi connectivity index (χ0v) is 18.0. The summed E-state index contributed by atoms with van der Waals surface area (Å²) in [6.07, 6.45) is 8.13. The summed E-state index contributed by atoms with van der Waals surface area (Å²) in [4.78, 5) is 29.0. The molecule has 7 nitrogen and oxygen atoms in total. The maximum atomic E-state index is 12.7. The zero-order chi connectivity index (χ0) is 21.8. The average Bonchev–Trinajstić information content (AvgIpc) is 3.55. The van der Waals surface area contributed by atoms with Crippen LogP contribution < -0.4 is 5.32 Å². The molecule has 1 aliphatic carbocycles. The molecule has 1 saturated heterocycles. The first-order chi connectivity index (χ1) is 15.1. The van der Waals surface area contributed by atoms with E-state index in [1.165, 1.54) is 0 Å². The highest BCUT2D eigenvalue weighted by Crippen LogP contribution is 2.23. The highest BCUT2D eigenvalue weighted by atomic mass is 16.2. The van der Waals surface area contributed by atoms with Crippen LogP contribution in [0.3, 0.4) is 0 Å². The second-order valence-corrected chi connectivity index (χ2v) is 8.36. The smallest absolute Gasteiger partial charge is 0.246 e. The molecule has 1 atom stereocenters. The largest absolute Gasteiger partial charge is 0.352 e. The van der Waals surface area contributed by atoms with Gasteiger partial charge in [-0.1, -0.05) is 18.2 Å². The van der Waals surface area contributed by atoms with Crippen molar-refractivity contribution in [3.05, 3.63) is 42.1 Å². The second kappa shape index (κ2) is 9.36. The number of para-hydroxylation sites is 1. The third kappa shape index (κ3) is 4.97. The fourth-order valence-electron chi connectivity index (χ4n) is 4.07. The quantitative estimate of drug-likeness (QED) is 0.699. The molecule has 1 aromatic heterocycles. The number of benzene rings is 1. The van der Waals surface area contributed by atoms with Crippen molar-refractivity contribution in [3.63, 3.8) is 0 Å². The third-order valence-electron chi connectivity index (χ3n) is 6.17. The van der Waals surface area contributed by atoms with Crippen molar-refractivity contribution >= 4 is 28.8 Å². The first-order valence-electron chi connectivity index (χ1n) is 11.0. The summed E-state index contributed by atoms with van der Waals surface area (Å²) < 4.78 is 2.07. The Labute approximate surface area is 182 Å². The number of aryl methyl sites for hydroxylation is 1. The maximum absolute atomic E-state index is 12.7. The molecule has 1 aliphatic heterocycles. The monoisotopic (exact) mass is 419 g/mol. The number of hydrogen-bond donors (Lipinski definition) is 1. The van der Waals surface area contributed by atoms with Crippen LogP contribution in [0.1, 0.15) is 31.7 Å². The first-order valence-corrected chi connectivity index (χ1v) is 11.0. The Morgan fingerprint density at radius 2 is 1.97 bits per heavy atom. The summed E-state index contributed by atoms with van der Waals surface area (Å²) in [5, 5.41) is 13.0. The minimum atomic E-state index is -0.159. The molecule has 7 heteroatoms. The first kappa shape index (κ1) is 21.1. The van der Waals surface area contributed by atoms with Crippen molar-refractivity contribution in [2.45, 2.75) is 44.8 Å². The Kier molecular flexibility index (Phi) is 6.38. The van der Waals surface area contributed by atoms with E-state index in [4.69, 9.17) is 5.26 Å². The van der Waals surface area contributed by atoms with Crippen LogP contribution in [0.2, 0.25) is 0 Å². The number of hydrogen-bond acceptors (Lipinski definition) is 4. The van der Waals surface area contributed by atoms with E-state index in [2.05, 4.69) is 20.9 Å². The van der Waals surface area contributed by atoms with E-state index in [0.717, 1.165) is 29.3 Å². The van der Waals surface area contributed by atoms with E-state index in [0.29, 0.717) is 45.2 Å². The van der Waals surface area contributed by atoms with Crippen LogP contribution in [0, 0.1) is 11.3 Å². The highest BCUT2D eigenvalue weighted by molar-refractivity contribution is 5.96. The Bertz CT molecular complexity index is 1020. The maximum Gasteiger partial charge on any atom is 0.246 e. The van der Waals surface area contributed by atoms with Crippen molar-refractivity contribution < 1.29 is 9.59 Å². The molecule has 2 aliphatic rings. The fourth-order valence-corrected chi connectivity index (χ4v) is 4.07. The molecule has 31 heavy (non-hydrogen) atoms. The summed E-state index contributed by atoms with van der Waals surface area (Å²) in [7, 11) is 0. The van der Waals surface area contributed by atoms with Gasteiger partial charge in [0.15, 0.2) is 0 Å². The molecule has 2 aromatic rings. The van der Waals surface area contributed by atoms with Gasteiger partial charge in [0.05, 0.1) is 18.5 Å². The zero-order valence-electron chi connectivity index (χ0n) is 18.0. The Morgan fingerprint density at radius 3 is 2.68 bits per heavy atom. The minimum absolute atomic E-state index is 0.0106. The number of carbonyl (C=O) groups is 2. The Morgan fingerprint density at radius 1 is 1.23 bits per heavy atom. The Balaban J connectivity index is 1.36. The molecule has 2 heterocycles. The summed E-state index contributed by atoms with van der Waals surface area (Å²) >= 11 is 0. The fraction of sp³-hybridized carbons (Fsp3) is 0.458. The number of fused-ring (bicyclic) bond motifs is 1. The number of carbonyl (C=O) groups excluding carboxylic acids is 2. The average molecular weight is 420 g/mol. The van der Waals surface area contributed by atoms with Crippen LogP contribution in [0.25, 0.3) is 17.0 Å². The SMILES string of the molecule is CC(C(=O)NC1CC1)N1CCN(C(=O)/C=C/c2cn(CCC#N)c3ccccc23)CC1. The number of nitrogens with zero attached hydrogens (tertiary/aromatic N) is 4. The minimum Gasteiger partial charge on any atom is -0.352 e. The van der Waals surface area contributed by atoms with Crippen LogP contribution in [0.4, 0.5) is 0 Å². The van der Waals surface area contributed by atoms with Gasteiger partial charge in [-0.25, -0.2) is 0 Å². The van der Waals surface area contributed by atoms with Gasteiger partial charge >= 0.3 is 0 Å². The van der Waals surface area contributed by atoms with E-state index >= 15 is 0 Å². The van der Waals surface area contributed by atoms with Gasteiger partial charge in [0.2, 0.25) is 11.8 Å². The van der Waals surface area contributed by atoms with Crippen molar-refractivity contribution in [3.8, 4) is 6.07 Å². The summed E-state index contributed by atoms with van der Waals surface area (Å²) in [6.45, 7) is 5.21. The number of amides is 2. The van der Waals surface area contributed by atoms with E-state index in [-0.39, 0.29) is 17.9 Å². The molecule has 162 valence electrons. The molecule has 1 aromatic carbocycles. The number of nitrogens with one attached hydrogen (secondary N) is 1. The summed E-state index contributed by atoms with van der Waals surface area (Å²) in [6, 6.07) is 10.4. The van der Waals surface area contributed by atoms with Gasteiger partial charge in [-0.05, 0) is 31.9 Å². The van der Waals surface area contributed by atoms with Gasteiger partial charge in [0, 0.05) is 67.5 Å². The molecule has 0 radical (unpaired) electrons. The van der Waals surface area contributed by atoms with E-state index in [1.807, 2.05) is 48.4 Å². The number of nitriles is 1. The topological polar surface area (TPSA) is 81.4 Å². The third-order valence-corrected chi connectivity index (χ3v) is 6.17. The number of piperazine rings is 1. The van der Waals surface area contributed by atoms with Crippen LogP contribution >= 0.6 is 0 Å². The van der Waals surface area contributed by atoms with Crippen LogP contribution in [-0.2, 0) is 16.1 Å². The van der Waals surface area contributed by atoms with Crippen molar-refractivity contribution in [2.75, 3.05) is 26.2 Å². The normalized spacial score (nSPS) is 18.3. The Hall–Kier alpha value is -3.11. The summed E-state index contributed by atoms with van der Waals surface area (Å²) in [5.74, 6) is 0.0820. The lowest BCUT2D eigenvalue weighted by Crippen LogP contribution is -2.55. The van der Waals surface area contributed by atoms with Gasteiger partial charge in [0.25, 0.3) is 0 Å². The predicted molar refractivity (Wildman–Crippen MR) is 120 cm³/mol. The van der Waals surface area contributed by atoms with E-state index in [9.17, 15) is 9.59 Å². The molecule has 1 unspecified atom stereocenters. The summed E-state index contributed by atoms with van der Waals surface area (Å²) in [5.41, 5.74) is 2.04. The molecule has 2 amide bonds. The van der Waals surface area contributed by atoms with Crippen LogP contribution in [0.15, 0.2) is 36.5 Å². The molecular weight excluding hydrogens is 390 g/mol. The lowest BCUT2D eigenvalue weighted by Gasteiger charge is -2.37. The van der Waals surface area contributed by atoms with Crippen molar-refractivity contribution in [2.24, 2.45) is 0 Å². The van der Waals surface area contributed by atoms with E-state index in [1.54, 1.807) is 6.08 Å². The van der Waals surface area contributed by atoms with Gasteiger partial charge in [-0.2, -0.15) is 5.26 Å². The van der Waals surface area contributed by atoms with Crippen molar-refractivity contribution in [1.29, 1.82) is 5.26 Å². The molecule has 0 spiro atoms. The number of rotatable bonds is 7. The van der Waals surface area contributed by atoms with Crippen LogP contribution in [0.5, 0.6) is 0 Å². The molecule has 1 saturated carbocycles. The van der Waals surface area contributed by atoms with Gasteiger partial charge in [-0.15, -0.1) is 0 Å². The lowest BCUT2D eigenvalue weighted by atomic mass is 10.1.